The number of aliphatic carboxylic acids is 1. The number of carbonyl (C=O) groups is 1. The second kappa shape index (κ2) is 2.81. The molecule has 1 aliphatic heterocycles. The number of rotatable bonds is 1. The Morgan fingerprint density at radius 3 is 2.80 bits per heavy atom. The van der Waals surface area contributed by atoms with Crippen LogP contribution in [0.4, 0.5) is 0 Å². The standard InChI is InChI=1S/C6H9NO3/c8-4-2-1-3-7-5(4)6(9)10/h1-2,4-5,7-8H,3H2,(H,9,10). The lowest BCUT2D eigenvalue weighted by molar-refractivity contribution is -0.141. The number of hydrogen-bond donors (Lipinski definition) is 3. The molecule has 0 aromatic heterocycles. The highest BCUT2D eigenvalue weighted by atomic mass is 16.4. The molecule has 1 aliphatic rings. The second-order valence-electron chi connectivity index (χ2n) is 2.14. The van der Waals surface area contributed by atoms with Gasteiger partial charge in [0.1, 0.15) is 6.04 Å². The van der Waals surface area contributed by atoms with Crippen molar-refractivity contribution in [3.8, 4) is 0 Å². The van der Waals surface area contributed by atoms with Crippen LogP contribution in [0.2, 0.25) is 0 Å². The van der Waals surface area contributed by atoms with Crippen LogP contribution >= 0.6 is 0 Å². The van der Waals surface area contributed by atoms with Crippen LogP contribution in [0.25, 0.3) is 0 Å². The summed E-state index contributed by atoms with van der Waals surface area (Å²) >= 11 is 0. The molecule has 0 saturated carbocycles. The first-order valence-corrected chi connectivity index (χ1v) is 3.03. The summed E-state index contributed by atoms with van der Waals surface area (Å²) in [5, 5.41) is 20.1. The third kappa shape index (κ3) is 1.34. The highest BCUT2D eigenvalue weighted by Crippen LogP contribution is 2.00. The summed E-state index contributed by atoms with van der Waals surface area (Å²) in [4.78, 5) is 10.3. The van der Waals surface area contributed by atoms with Gasteiger partial charge in [-0.25, -0.2) is 0 Å². The SMILES string of the molecule is O=C(O)C1NCC=CC1O. The van der Waals surface area contributed by atoms with E-state index in [2.05, 4.69) is 5.32 Å². The largest absolute Gasteiger partial charge is 0.480 e. The first kappa shape index (κ1) is 7.24. The molecule has 0 radical (unpaired) electrons. The summed E-state index contributed by atoms with van der Waals surface area (Å²) in [5.74, 6) is -1.02. The Kier molecular flexibility index (Phi) is 2.03. The highest BCUT2D eigenvalue weighted by molar-refractivity contribution is 5.74. The fourth-order valence-electron chi connectivity index (χ4n) is 0.868. The van der Waals surface area contributed by atoms with Crippen molar-refractivity contribution < 1.29 is 15.0 Å². The first-order chi connectivity index (χ1) is 4.72. The molecule has 0 aliphatic carbocycles. The molecule has 1 heterocycles. The number of aliphatic hydroxyl groups is 1. The average molecular weight is 143 g/mol. The monoisotopic (exact) mass is 143 g/mol. The van der Waals surface area contributed by atoms with E-state index in [-0.39, 0.29) is 0 Å². The number of nitrogens with one attached hydrogen (secondary N) is 1. The molecule has 1 rings (SSSR count). The lowest BCUT2D eigenvalue weighted by Gasteiger charge is -2.20. The molecule has 0 fully saturated rings. The molecule has 10 heavy (non-hydrogen) atoms. The van der Waals surface area contributed by atoms with Crippen molar-refractivity contribution in [3.63, 3.8) is 0 Å². The maximum Gasteiger partial charge on any atom is 0.323 e. The molecule has 0 spiro atoms. The Balaban J connectivity index is 2.60. The lowest BCUT2D eigenvalue weighted by Crippen LogP contribution is -2.47. The lowest BCUT2D eigenvalue weighted by atomic mass is 10.1. The Morgan fingerprint density at radius 1 is 1.70 bits per heavy atom. The van der Waals surface area contributed by atoms with Gasteiger partial charge in [-0.05, 0) is 0 Å². The molecular weight excluding hydrogens is 134 g/mol. The number of aliphatic hydroxyl groups excluding tert-OH is 1. The van der Waals surface area contributed by atoms with Crippen LogP contribution < -0.4 is 5.32 Å². The van der Waals surface area contributed by atoms with Gasteiger partial charge in [-0.1, -0.05) is 12.2 Å². The molecule has 0 bridgehead atoms. The van der Waals surface area contributed by atoms with E-state index in [4.69, 9.17) is 10.2 Å². The quantitative estimate of drug-likeness (QED) is 0.410. The van der Waals surface area contributed by atoms with Crippen LogP contribution in [-0.4, -0.2) is 34.9 Å². The van der Waals surface area contributed by atoms with Gasteiger partial charge < -0.3 is 10.2 Å². The van der Waals surface area contributed by atoms with Gasteiger partial charge >= 0.3 is 5.97 Å². The van der Waals surface area contributed by atoms with E-state index in [0.29, 0.717) is 6.54 Å². The predicted octanol–water partition coefficient (Wildman–Crippen LogP) is -1.04. The van der Waals surface area contributed by atoms with Crippen LogP contribution in [0.5, 0.6) is 0 Å². The van der Waals surface area contributed by atoms with Gasteiger partial charge in [-0.3, -0.25) is 10.1 Å². The molecular formula is C6H9NO3. The first-order valence-electron chi connectivity index (χ1n) is 3.03. The summed E-state index contributed by atoms with van der Waals surface area (Å²) < 4.78 is 0. The Labute approximate surface area is 58.2 Å². The number of carboxylic acid groups (broad SMARTS) is 1. The van der Waals surface area contributed by atoms with E-state index in [1.165, 1.54) is 6.08 Å². The van der Waals surface area contributed by atoms with E-state index >= 15 is 0 Å². The third-order valence-corrected chi connectivity index (χ3v) is 1.40. The Morgan fingerprint density at radius 2 is 2.40 bits per heavy atom. The van der Waals surface area contributed by atoms with Crippen molar-refractivity contribution in [1.29, 1.82) is 0 Å². The van der Waals surface area contributed by atoms with Gasteiger partial charge in [-0.15, -0.1) is 0 Å². The Hall–Kier alpha value is -0.870. The van der Waals surface area contributed by atoms with Crippen molar-refractivity contribution in [2.75, 3.05) is 6.54 Å². The molecule has 3 N–H and O–H groups in total. The van der Waals surface area contributed by atoms with Crippen LogP contribution in [-0.2, 0) is 4.79 Å². The van der Waals surface area contributed by atoms with Crippen molar-refractivity contribution in [2.24, 2.45) is 0 Å². The second-order valence-corrected chi connectivity index (χ2v) is 2.14. The zero-order chi connectivity index (χ0) is 7.56. The van der Waals surface area contributed by atoms with Crippen LogP contribution in [0.3, 0.4) is 0 Å². The molecule has 0 aromatic rings. The minimum atomic E-state index is -1.02. The van der Waals surface area contributed by atoms with Gasteiger partial charge in [0, 0.05) is 6.54 Å². The van der Waals surface area contributed by atoms with Crippen molar-refractivity contribution >= 4 is 5.97 Å². The van der Waals surface area contributed by atoms with E-state index < -0.39 is 18.1 Å². The molecule has 0 aromatic carbocycles. The van der Waals surface area contributed by atoms with E-state index in [1.807, 2.05) is 0 Å². The number of hydrogen-bond acceptors (Lipinski definition) is 3. The van der Waals surface area contributed by atoms with Gasteiger partial charge in [0.2, 0.25) is 0 Å². The van der Waals surface area contributed by atoms with Gasteiger partial charge in [0.25, 0.3) is 0 Å². The molecule has 0 amide bonds. The summed E-state index contributed by atoms with van der Waals surface area (Å²) in [5.41, 5.74) is 0. The Bertz CT molecular complexity index is 166. The zero-order valence-electron chi connectivity index (χ0n) is 5.32. The van der Waals surface area contributed by atoms with Crippen LogP contribution in [0.1, 0.15) is 0 Å². The highest BCUT2D eigenvalue weighted by Gasteiger charge is 2.25. The van der Waals surface area contributed by atoms with Crippen molar-refractivity contribution in [3.05, 3.63) is 12.2 Å². The molecule has 56 valence electrons. The van der Waals surface area contributed by atoms with E-state index in [0.717, 1.165) is 0 Å². The summed E-state index contributed by atoms with van der Waals surface area (Å²) in [7, 11) is 0. The maximum atomic E-state index is 10.3. The molecule has 2 unspecified atom stereocenters. The minimum Gasteiger partial charge on any atom is -0.480 e. The van der Waals surface area contributed by atoms with Crippen molar-refractivity contribution in [2.45, 2.75) is 12.1 Å². The molecule has 4 nitrogen and oxygen atoms in total. The van der Waals surface area contributed by atoms with Crippen molar-refractivity contribution in [1.82, 2.24) is 5.32 Å². The average Bonchev–Trinajstić information content (AvgIpc) is 1.88. The third-order valence-electron chi connectivity index (χ3n) is 1.40. The van der Waals surface area contributed by atoms with Crippen LogP contribution in [0.15, 0.2) is 12.2 Å². The van der Waals surface area contributed by atoms with Gasteiger partial charge in [0.05, 0.1) is 6.10 Å². The maximum absolute atomic E-state index is 10.3. The fourth-order valence-corrected chi connectivity index (χ4v) is 0.868. The summed E-state index contributed by atoms with van der Waals surface area (Å²) in [6.45, 7) is 0.508. The fraction of sp³-hybridized carbons (Fsp3) is 0.500. The zero-order valence-corrected chi connectivity index (χ0v) is 5.32. The molecule has 0 saturated heterocycles. The summed E-state index contributed by atoms with van der Waals surface area (Å²) in [6.07, 6.45) is 2.28. The molecule has 4 heteroatoms. The number of carboxylic acids is 1. The van der Waals surface area contributed by atoms with E-state index in [1.54, 1.807) is 6.08 Å². The summed E-state index contributed by atoms with van der Waals surface area (Å²) in [6, 6.07) is -0.843. The van der Waals surface area contributed by atoms with Gasteiger partial charge in [0.15, 0.2) is 0 Å². The molecule has 2 atom stereocenters. The topological polar surface area (TPSA) is 69.6 Å². The minimum absolute atomic E-state index is 0.508. The van der Waals surface area contributed by atoms with Gasteiger partial charge in [-0.2, -0.15) is 0 Å². The van der Waals surface area contributed by atoms with Crippen LogP contribution in [0, 0.1) is 0 Å². The predicted molar refractivity (Wildman–Crippen MR) is 34.6 cm³/mol. The smallest absolute Gasteiger partial charge is 0.323 e. The normalized spacial score (nSPS) is 32.1. The van der Waals surface area contributed by atoms with E-state index in [9.17, 15) is 4.79 Å².